The summed E-state index contributed by atoms with van der Waals surface area (Å²) in [6, 6.07) is 7.89. The number of aromatic nitrogens is 2. The summed E-state index contributed by atoms with van der Waals surface area (Å²) in [6.07, 6.45) is 6.46. The molecule has 1 aliphatic carbocycles. The van der Waals surface area contributed by atoms with Gasteiger partial charge in [-0.2, -0.15) is 0 Å². The molecule has 0 atom stereocenters. The fraction of sp³-hybridized carbons (Fsp3) is 0.294. The Balaban J connectivity index is 1.96. The second kappa shape index (κ2) is 4.88. The molecular formula is C17H19N3O. The van der Waals surface area contributed by atoms with Crippen molar-refractivity contribution in [3.63, 3.8) is 0 Å². The molecule has 0 spiro atoms. The molecule has 1 N–H and O–H groups in total. The van der Waals surface area contributed by atoms with Crippen LogP contribution in [0.2, 0.25) is 0 Å². The number of para-hydroxylation sites is 2. The van der Waals surface area contributed by atoms with Gasteiger partial charge < -0.3 is 0 Å². The lowest BCUT2D eigenvalue weighted by Gasteiger charge is -2.18. The molecule has 1 heterocycles. The number of allylic oxidation sites excluding steroid dienone is 4. The zero-order chi connectivity index (χ0) is 15.0. The molecule has 0 aliphatic heterocycles. The van der Waals surface area contributed by atoms with Crippen LogP contribution in [0.5, 0.6) is 0 Å². The van der Waals surface area contributed by atoms with Crippen molar-refractivity contribution in [2.45, 2.75) is 27.2 Å². The molecule has 1 aromatic heterocycles. The maximum atomic E-state index is 12.2. The van der Waals surface area contributed by atoms with Crippen molar-refractivity contribution in [1.29, 1.82) is 0 Å². The fourth-order valence-corrected chi connectivity index (χ4v) is 2.35. The van der Waals surface area contributed by atoms with Gasteiger partial charge in [-0.3, -0.25) is 14.7 Å². The van der Waals surface area contributed by atoms with Gasteiger partial charge in [0.15, 0.2) is 0 Å². The number of anilines is 1. The second-order valence-electron chi connectivity index (χ2n) is 6.50. The first kappa shape index (κ1) is 13.6. The maximum absolute atomic E-state index is 12.2. The molecule has 0 saturated carbocycles. The van der Waals surface area contributed by atoms with Gasteiger partial charge in [0, 0.05) is 12.1 Å². The Bertz CT molecular complexity index is 760. The van der Waals surface area contributed by atoms with Crippen LogP contribution in [0.1, 0.15) is 27.2 Å². The first-order chi connectivity index (χ1) is 9.94. The van der Waals surface area contributed by atoms with E-state index >= 15 is 0 Å². The molecule has 2 aromatic rings. The predicted molar refractivity (Wildman–Crippen MR) is 85.8 cm³/mol. The van der Waals surface area contributed by atoms with E-state index < -0.39 is 0 Å². The highest BCUT2D eigenvalue weighted by Crippen LogP contribution is 2.28. The van der Waals surface area contributed by atoms with Gasteiger partial charge in [-0.05, 0) is 29.7 Å². The Labute approximate surface area is 124 Å². The molecule has 4 heteroatoms. The number of carbonyl (C=O) groups is 1. The normalized spacial score (nSPS) is 14.0. The fourth-order valence-electron chi connectivity index (χ4n) is 2.35. The molecule has 3 rings (SSSR count). The number of benzene rings is 1. The van der Waals surface area contributed by atoms with Crippen molar-refractivity contribution >= 4 is 28.6 Å². The minimum atomic E-state index is -0.0451. The van der Waals surface area contributed by atoms with E-state index in [0.29, 0.717) is 12.4 Å². The number of amides is 1. The average molecular weight is 281 g/mol. The van der Waals surface area contributed by atoms with E-state index in [-0.39, 0.29) is 11.3 Å². The van der Waals surface area contributed by atoms with Gasteiger partial charge in [0.05, 0.1) is 11.0 Å². The summed E-state index contributed by atoms with van der Waals surface area (Å²) >= 11 is 0. The van der Waals surface area contributed by atoms with E-state index in [1.165, 1.54) is 0 Å². The highest BCUT2D eigenvalue weighted by atomic mass is 16.1. The predicted octanol–water partition coefficient (Wildman–Crippen LogP) is 3.82. The third kappa shape index (κ3) is 2.75. The van der Waals surface area contributed by atoms with E-state index in [1.54, 1.807) is 0 Å². The van der Waals surface area contributed by atoms with Crippen molar-refractivity contribution in [3.8, 4) is 0 Å². The van der Waals surface area contributed by atoms with Crippen LogP contribution in [0.3, 0.4) is 0 Å². The van der Waals surface area contributed by atoms with E-state index in [2.05, 4.69) is 10.3 Å². The molecule has 21 heavy (non-hydrogen) atoms. The van der Waals surface area contributed by atoms with Gasteiger partial charge >= 0.3 is 0 Å². The van der Waals surface area contributed by atoms with E-state index in [1.807, 2.05) is 67.8 Å². The highest BCUT2D eigenvalue weighted by molar-refractivity contribution is 5.94. The first-order valence-corrected chi connectivity index (χ1v) is 7.10. The van der Waals surface area contributed by atoms with Crippen LogP contribution in [0.15, 0.2) is 42.5 Å². The number of rotatable bonds is 3. The van der Waals surface area contributed by atoms with Crippen LogP contribution < -0.4 is 5.32 Å². The Morgan fingerprint density at radius 3 is 2.62 bits per heavy atom. The van der Waals surface area contributed by atoms with Gasteiger partial charge in [0.1, 0.15) is 0 Å². The Kier molecular flexibility index (Phi) is 3.16. The zero-order valence-electron chi connectivity index (χ0n) is 12.6. The Morgan fingerprint density at radius 1 is 1.29 bits per heavy atom. The number of hydrogen-bond acceptors (Lipinski definition) is 2. The topological polar surface area (TPSA) is 46.9 Å². The van der Waals surface area contributed by atoms with Gasteiger partial charge in [-0.15, -0.1) is 0 Å². The molecule has 0 saturated heterocycles. The molecule has 0 bridgehead atoms. The molecule has 1 aromatic carbocycles. The summed E-state index contributed by atoms with van der Waals surface area (Å²) in [6.45, 7) is 6.15. The maximum Gasteiger partial charge on any atom is 0.227 e. The van der Waals surface area contributed by atoms with Crippen LogP contribution in [0.25, 0.3) is 16.7 Å². The highest BCUT2D eigenvalue weighted by Gasteiger charge is 2.20. The Morgan fingerprint density at radius 2 is 2.00 bits per heavy atom. The Hall–Kier alpha value is -2.36. The molecule has 1 aliphatic rings. The summed E-state index contributed by atoms with van der Waals surface area (Å²) in [7, 11) is 0. The smallest absolute Gasteiger partial charge is 0.227 e. The molecule has 108 valence electrons. The third-order valence-electron chi connectivity index (χ3n) is 3.30. The van der Waals surface area contributed by atoms with E-state index in [9.17, 15) is 4.79 Å². The number of imidazole rings is 1. The second-order valence-corrected chi connectivity index (χ2v) is 6.50. The summed E-state index contributed by atoms with van der Waals surface area (Å²) in [4.78, 5) is 16.7. The van der Waals surface area contributed by atoms with Crippen molar-refractivity contribution in [3.05, 3.63) is 42.5 Å². The minimum Gasteiger partial charge on any atom is -0.296 e. The molecule has 0 fully saturated rings. The number of hydrogen-bond donors (Lipinski definition) is 1. The summed E-state index contributed by atoms with van der Waals surface area (Å²) in [5, 5.41) is 2.94. The van der Waals surface area contributed by atoms with Crippen LogP contribution in [-0.4, -0.2) is 15.5 Å². The quantitative estimate of drug-likeness (QED) is 0.929. The van der Waals surface area contributed by atoms with Crippen LogP contribution in [-0.2, 0) is 4.79 Å². The minimum absolute atomic E-state index is 0.0111. The molecule has 4 nitrogen and oxygen atoms in total. The largest absolute Gasteiger partial charge is 0.296 e. The van der Waals surface area contributed by atoms with Gasteiger partial charge in [0.2, 0.25) is 11.9 Å². The van der Waals surface area contributed by atoms with Crippen molar-refractivity contribution in [2.24, 2.45) is 5.41 Å². The van der Waals surface area contributed by atoms with Gasteiger partial charge in [-0.1, -0.05) is 39.0 Å². The number of fused-ring (bicyclic) bond motifs is 1. The van der Waals surface area contributed by atoms with Crippen LogP contribution >= 0.6 is 0 Å². The summed E-state index contributed by atoms with van der Waals surface area (Å²) in [5.41, 5.74) is 2.87. The van der Waals surface area contributed by atoms with Crippen molar-refractivity contribution in [2.75, 3.05) is 5.32 Å². The number of nitrogens with zero attached hydrogens (tertiary/aromatic N) is 2. The molecule has 0 unspecified atom stereocenters. The SMILES string of the molecule is CC(C)(C)CC(=O)Nc1nc2ccccc2n1C1=CC=C1. The molecule has 1 amide bonds. The van der Waals surface area contributed by atoms with Crippen molar-refractivity contribution < 1.29 is 4.79 Å². The summed E-state index contributed by atoms with van der Waals surface area (Å²) < 4.78 is 1.98. The van der Waals surface area contributed by atoms with Gasteiger partial charge in [-0.25, -0.2) is 4.98 Å². The van der Waals surface area contributed by atoms with Gasteiger partial charge in [0.25, 0.3) is 0 Å². The van der Waals surface area contributed by atoms with Crippen molar-refractivity contribution in [1.82, 2.24) is 9.55 Å². The average Bonchev–Trinajstić information content (AvgIpc) is 2.63. The molecular weight excluding hydrogens is 262 g/mol. The number of carbonyl (C=O) groups excluding carboxylic acids is 1. The zero-order valence-corrected chi connectivity index (χ0v) is 12.6. The molecule has 0 radical (unpaired) electrons. The van der Waals surface area contributed by atoms with E-state index in [4.69, 9.17) is 0 Å². The summed E-state index contributed by atoms with van der Waals surface area (Å²) in [5.74, 6) is 0.573. The number of nitrogens with one attached hydrogen (secondary N) is 1. The van der Waals surface area contributed by atoms with E-state index in [0.717, 1.165) is 16.7 Å². The lowest BCUT2D eigenvalue weighted by atomic mass is 9.92. The lowest BCUT2D eigenvalue weighted by Crippen LogP contribution is -2.21. The van der Waals surface area contributed by atoms with Crippen LogP contribution in [0, 0.1) is 5.41 Å². The third-order valence-corrected chi connectivity index (χ3v) is 3.30. The standard InChI is InChI=1S/C17H19N3O/c1-17(2,3)11-15(21)19-16-18-13-9-4-5-10-14(13)20(16)12-7-6-8-12/h4-10H,11H2,1-3H3,(H,18,19,21). The van der Waals surface area contributed by atoms with Crippen LogP contribution in [0.4, 0.5) is 5.95 Å². The monoisotopic (exact) mass is 281 g/mol. The lowest BCUT2D eigenvalue weighted by molar-refractivity contribution is -0.117. The first-order valence-electron chi connectivity index (χ1n) is 7.10.